The first-order valence-electron chi connectivity index (χ1n) is 18.0. The number of ether oxygens (including phenoxy) is 1. The zero-order valence-electron chi connectivity index (χ0n) is 29.4. The lowest BCUT2D eigenvalue weighted by molar-refractivity contribution is -0.0865. The third-order valence-electron chi connectivity index (χ3n) is 12.0. The van der Waals surface area contributed by atoms with Crippen LogP contribution in [-0.4, -0.2) is 20.3 Å². The molecule has 1 aliphatic heterocycles. The highest BCUT2D eigenvalue weighted by Crippen LogP contribution is 2.66. The van der Waals surface area contributed by atoms with Crippen molar-refractivity contribution in [1.29, 1.82) is 0 Å². The van der Waals surface area contributed by atoms with Crippen molar-refractivity contribution in [3.05, 3.63) is 114 Å². The third kappa shape index (κ3) is 5.33. The fourth-order valence-electron chi connectivity index (χ4n) is 10.5. The highest BCUT2D eigenvalue weighted by Gasteiger charge is 2.57. The summed E-state index contributed by atoms with van der Waals surface area (Å²) in [7, 11) is 0.108. The van der Waals surface area contributed by atoms with Crippen LogP contribution in [0, 0.1) is 23.2 Å². The first-order valence-corrected chi connectivity index (χ1v) is 20.4. The molecule has 4 aromatic carbocycles. The van der Waals surface area contributed by atoms with E-state index in [0.29, 0.717) is 0 Å². The van der Waals surface area contributed by atoms with Gasteiger partial charge in [-0.15, -0.1) is 0 Å². The molecule has 5 heteroatoms. The number of fused-ring (bicyclic) bond motifs is 2. The predicted octanol–water partition coefficient (Wildman–Crippen LogP) is 9.53. The van der Waals surface area contributed by atoms with Crippen LogP contribution < -0.4 is 20.7 Å². The van der Waals surface area contributed by atoms with Gasteiger partial charge >= 0.3 is 0 Å². The summed E-state index contributed by atoms with van der Waals surface area (Å²) in [5.74, 6) is 4.38. The smallest absolute Gasteiger partial charge is 0.139 e. The first kappa shape index (κ1) is 32.4. The molecule has 48 heavy (non-hydrogen) atoms. The van der Waals surface area contributed by atoms with Gasteiger partial charge in [0, 0.05) is 34.5 Å². The van der Waals surface area contributed by atoms with E-state index >= 15 is 0 Å². The molecule has 0 spiro atoms. The molecular weight excluding hydrogens is 626 g/mol. The predicted molar refractivity (Wildman–Crippen MR) is 203 cm³/mol. The Labute approximate surface area is 291 Å². The van der Waals surface area contributed by atoms with Crippen LogP contribution in [0.25, 0.3) is 0 Å². The Bertz CT molecular complexity index is 1770. The van der Waals surface area contributed by atoms with E-state index in [2.05, 4.69) is 143 Å². The molecule has 4 saturated carbocycles. The Balaban J connectivity index is 1.32. The van der Waals surface area contributed by atoms with Crippen molar-refractivity contribution in [2.24, 2.45) is 23.2 Å². The minimum Gasteiger partial charge on any atom is -0.456 e. The van der Waals surface area contributed by atoms with Gasteiger partial charge in [-0.05, 0) is 101 Å². The molecule has 0 N–H and O–H groups in total. The number of hydrogen-bond acceptors (Lipinski definition) is 2. The molecule has 0 saturated heterocycles. The third-order valence-corrected chi connectivity index (χ3v) is 16.2. The van der Waals surface area contributed by atoms with Crippen molar-refractivity contribution >= 4 is 34.8 Å². The fraction of sp³-hybridized carbons (Fsp3) is 0.442. The SMILES string of the molecule is CN([C@@H](c1cccc2c1Oc1c(P(c3ccccc3)c3ccccc3)cccc1C2(C)C)C12CC3CC(CC(C3)C1)C2)S(=O)C(C)(C)C. The zero-order valence-corrected chi connectivity index (χ0v) is 31.1. The summed E-state index contributed by atoms with van der Waals surface area (Å²) < 4.78 is 23.8. The van der Waals surface area contributed by atoms with Gasteiger partial charge in [-0.25, -0.2) is 8.51 Å². The minimum atomic E-state index is -1.17. The number of para-hydroxylation sites is 2. The van der Waals surface area contributed by atoms with Gasteiger partial charge in [0.1, 0.15) is 22.5 Å². The standard InChI is InChI=1S/C43H50NO2PS/c1-41(2,3)48(45)44(6)40(43-26-29-23-30(27-43)25-31(24-29)28-43)34-19-13-20-35-38(34)46-39-36(42(35,4)5)21-14-22-37(39)47(32-15-9-7-10-16-32)33-17-11-8-12-18-33/h7-22,29-31,40H,23-28H2,1-6H3/t29?,30?,31?,40-,43?,48?/m0/s1. The maximum absolute atomic E-state index is 14.4. The van der Waals surface area contributed by atoms with Gasteiger partial charge in [-0.2, -0.15) is 0 Å². The molecule has 250 valence electrons. The highest BCUT2D eigenvalue weighted by atomic mass is 32.2. The molecule has 3 nitrogen and oxygen atoms in total. The molecule has 1 heterocycles. The second-order valence-corrected chi connectivity index (χ2v) is 21.2. The van der Waals surface area contributed by atoms with Crippen molar-refractivity contribution in [3.63, 3.8) is 0 Å². The van der Waals surface area contributed by atoms with E-state index in [1.807, 2.05) is 0 Å². The van der Waals surface area contributed by atoms with E-state index < -0.39 is 18.9 Å². The Morgan fingerprint density at radius 1 is 0.729 bits per heavy atom. The van der Waals surface area contributed by atoms with E-state index in [1.165, 1.54) is 71.1 Å². The van der Waals surface area contributed by atoms with Crippen LogP contribution in [0.4, 0.5) is 0 Å². The average Bonchev–Trinajstić information content (AvgIpc) is 3.05. The maximum Gasteiger partial charge on any atom is 0.139 e. The van der Waals surface area contributed by atoms with Crippen molar-refractivity contribution in [2.45, 2.75) is 89.3 Å². The summed E-state index contributed by atoms with van der Waals surface area (Å²) in [6.07, 6.45) is 7.85. The summed E-state index contributed by atoms with van der Waals surface area (Å²) in [5.41, 5.74) is 3.54. The topological polar surface area (TPSA) is 29.5 Å². The molecule has 5 aliphatic rings. The molecule has 0 aromatic heterocycles. The number of nitrogens with zero attached hydrogens (tertiary/aromatic N) is 1. The number of rotatable bonds is 7. The molecule has 4 aromatic rings. The van der Waals surface area contributed by atoms with Crippen LogP contribution in [0.15, 0.2) is 97.1 Å². The number of hydrogen-bond donors (Lipinski definition) is 0. The normalized spacial score (nSPS) is 26.5. The fourth-order valence-corrected chi connectivity index (χ4v) is 14.2. The second-order valence-electron chi connectivity index (χ2n) is 16.7. The lowest BCUT2D eigenvalue weighted by atomic mass is 9.47. The summed E-state index contributed by atoms with van der Waals surface area (Å²) in [6, 6.07) is 35.6. The lowest BCUT2D eigenvalue weighted by Crippen LogP contribution is -2.53. The van der Waals surface area contributed by atoms with Gasteiger partial charge in [-0.3, -0.25) is 0 Å². The largest absolute Gasteiger partial charge is 0.456 e. The summed E-state index contributed by atoms with van der Waals surface area (Å²) >= 11 is 0. The van der Waals surface area contributed by atoms with E-state index in [0.717, 1.165) is 29.3 Å². The minimum absolute atomic E-state index is 0.0233. The van der Waals surface area contributed by atoms with Crippen LogP contribution in [0.1, 0.15) is 95.9 Å². The van der Waals surface area contributed by atoms with Gasteiger partial charge in [-0.1, -0.05) is 111 Å². The molecule has 9 rings (SSSR count). The lowest BCUT2D eigenvalue weighted by Gasteiger charge is -2.61. The molecule has 2 atom stereocenters. The van der Waals surface area contributed by atoms with E-state index in [-0.39, 0.29) is 21.6 Å². The Morgan fingerprint density at radius 3 is 1.75 bits per heavy atom. The number of benzene rings is 4. The molecular formula is C43H50NO2PS. The quantitative estimate of drug-likeness (QED) is 0.183. The van der Waals surface area contributed by atoms with Crippen molar-refractivity contribution < 1.29 is 8.95 Å². The van der Waals surface area contributed by atoms with Crippen LogP contribution >= 0.6 is 7.92 Å². The molecule has 4 fully saturated rings. The first-order chi connectivity index (χ1) is 23.0. The van der Waals surface area contributed by atoms with E-state index in [9.17, 15) is 4.21 Å². The van der Waals surface area contributed by atoms with E-state index in [4.69, 9.17) is 4.74 Å². The Hall–Kier alpha value is -2.78. The van der Waals surface area contributed by atoms with Gasteiger partial charge in [0.25, 0.3) is 0 Å². The summed E-state index contributed by atoms with van der Waals surface area (Å²) in [4.78, 5) is 0. The monoisotopic (exact) mass is 675 g/mol. The van der Waals surface area contributed by atoms with Crippen LogP contribution in [0.5, 0.6) is 11.5 Å². The van der Waals surface area contributed by atoms with Gasteiger partial charge in [0.15, 0.2) is 0 Å². The zero-order chi connectivity index (χ0) is 33.4. The molecule has 4 bridgehead atoms. The highest BCUT2D eigenvalue weighted by molar-refractivity contribution is 7.84. The van der Waals surface area contributed by atoms with E-state index in [1.54, 1.807) is 0 Å². The van der Waals surface area contributed by atoms with Crippen LogP contribution in [-0.2, 0) is 16.4 Å². The summed E-state index contributed by atoms with van der Waals surface area (Å²) in [5, 5.41) is 3.89. The van der Waals surface area contributed by atoms with Crippen molar-refractivity contribution in [3.8, 4) is 11.5 Å². The molecule has 1 unspecified atom stereocenters. The van der Waals surface area contributed by atoms with Crippen LogP contribution in [0.3, 0.4) is 0 Å². The van der Waals surface area contributed by atoms with Gasteiger partial charge in [0.2, 0.25) is 0 Å². The molecule has 4 aliphatic carbocycles. The molecule has 0 radical (unpaired) electrons. The Kier molecular flexibility index (Phi) is 8.06. The van der Waals surface area contributed by atoms with Gasteiger partial charge < -0.3 is 4.74 Å². The van der Waals surface area contributed by atoms with Crippen molar-refractivity contribution in [2.75, 3.05) is 7.05 Å². The van der Waals surface area contributed by atoms with Crippen molar-refractivity contribution in [1.82, 2.24) is 4.31 Å². The second kappa shape index (κ2) is 11.9. The average molecular weight is 676 g/mol. The summed E-state index contributed by atoms with van der Waals surface area (Å²) in [6.45, 7) is 11.1. The van der Waals surface area contributed by atoms with Crippen LogP contribution in [0.2, 0.25) is 0 Å². The maximum atomic E-state index is 14.4. The Morgan fingerprint density at radius 2 is 1.23 bits per heavy atom. The molecule has 0 amide bonds. The van der Waals surface area contributed by atoms with Gasteiger partial charge in [0.05, 0.1) is 10.8 Å².